The highest BCUT2D eigenvalue weighted by atomic mass is 16.5. The number of carbonyl (C=O) groups is 1. The number of nitrogens with zero attached hydrogens (tertiary/aromatic N) is 2. The Morgan fingerprint density at radius 3 is 2.50 bits per heavy atom. The van der Waals surface area contributed by atoms with Gasteiger partial charge in [-0.2, -0.15) is 0 Å². The first-order chi connectivity index (χ1) is 9.60. The molecular formula is C15H17N3O2. The van der Waals surface area contributed by atoms with E-state index in [4.69, 9.17) is 4.74 Å². The summed E-state index contributed by atoms with van der Waals surface area (Å²) in [5.41, 5.74) is 2.33. The van der Waals surface area contributed by atoms with Crippen LogP contribution >= 0.6 is 0 Å². The Kier molecular flexibility index (Phi) is 4.20. The maximum Gasteiger partial charge on any atom is 0.255 e. The molecule has 0 unspecified atom stereocenters. The maximum absolute atomic E-state index is 12.1. The largest absolute Gasteiger partial charge is 0.481 e. The van der Waals surface area contributed by atoms with E-state index >= 15 is 0 Å². The topological polar surface area (TPSA) is 54.5 Å². The summed E-state index contributed by atoms with van der Waals surface area (Å²) in [5, 5.41) is 2.83. The second-order valence-corrected chi connectivity index (χ2v) is 4.48. The lowest BCUT2D eigenvalue weighted by molar-refractivity contribution is 0.102. The maximum atomic E-state index is 12.1. The first-order valence-corrected chi connectivity index (χ1v) is 6.19. The second kappa shape index (κ2) is 6.06. The summed E-state index contributed by atoms with van der Waals surface area (Å²) in [5.74, 6) is 0.226. The number of hydrogen-bond donors (Lipinski definition) is 1. The van der Waals surface area contributed by atoms with E-state index in [2.05, 4.69) is 10.3 Å². The molecule has 0 aliphatic rings. The molecule has 0 aliphatic carbocycles. The fourth-order valence-corrected chi connectivity index (χ4v) is 1.71. The van der Waals surface area contributed by atoms with Crippen molar-refractivity contribution in [1.82, 2.24) is 4.98 Å². The van der Waals surface area contributed by atoms with Gasteiger partial charge in [-0.3, -0.25) is 4.79 Å². The number of rotatable bonds is 4. The first kappa shape index (κ1) is 13.9. The Balaban J connectivity index is 2.10. The molecule has 1 N–H and O–H groups in total. The third-order valence-electron chi connectivity index (χ3n) is 2.85. The van der Waals surface area contributed by atoms with E-state index in [1.165, 1.54) is 7.11 Å². The van der Waals surface area contributed by atoms with Crippen LogP contribution in [0.2, 0.25) is 0 Å². The molecule has 0 atom stereocenters. The zero-order valence-electron chi connectivity index (χ0n) is 11.8. The van der Waals surface area contributed by atoms with Crippen LogP contribution in [-0.4, -0.2) is 32.1 Å². The summed E-state index contributed by atoms with van der Waals surface area (Å²) in [4.78, 5) is 18.1. The fourth-order valence-electron chi connectivity index (χ4n) is 1.71. The number of amides is 1. The van der Waals surface area contributed by atoms with Crippen LogP contribution in [0.3, 0.4) is 0 Å². The lowest BCUT2D eigenvalue weighted by Crippen LogP contribution is -2.13. The van der Waals surface area contributed by atoms with Crippen LogP contribution in [0.5, 0.6) is 5.88 Å². The minimum atomic E-state index is -0.191. The van der Waals surface area contributed by atoms with Crippen LogP contribution in [0.4, 0.5) is 11.4 Å². The highest BCUT2D eigenvalue weighted by Gasteiger charge is 2.07. The van der Waals surface area contributed by atoms with Gasteiger partial charge in [0.25, 0.3) is 5.91 Å². The second-order valence-electron chi connectivity index (χ2n) is 4.48. The third kappa shape index (κ3) is 3.26. The minimum Gasteiger partial charge on any atom is -0.481 e. The molecule has 0 saturated carbocycles. The van der Waals surface area contributed by atoms with E-state index in [1.54, 1.807) is 18.3 Å². The van der Waals surface area contributed by atoms with E-state index in [9.17, 15) is 4.79 Å². The number of anilines is 2. The van der Waals surface area contributed by atoms with Gasteiger partial charge in [0.2, 0.25) is 5.88 Å². The summed E-state index contributed by atoms with van der Waals surface area (Å²) >= 11 is 0. The fraction of sp³-hybridized carbons (Fsp3) is 0.200. The lowest BCUT2D eigenvalue weighted by Gasteiger charge is -2.13. The molecule has 0 radical (unpaired) electrons. The van der Waals surface area contributed by atoms with E-state index in [1.807, 2.05) is 43.3 Å². The Hall–Kier alpha value is -2.56. The normalized spacial score (nSPS) is 9.95. The zero-order valence-corrected chi connectivity index (χ0v) is 11.8. The molecule has 2 aromatic rings. The molecule has 1 aromatic carbocycles. The van der Waals surface area contributed by atoms with Gasteiger partial charge in [-0.25, -0.2) is 4.98 Å². The van der Waals surface area contributed by atoms with Crippen LogP contribution in [0.15, 0.2) is 42.6 Å². The van der Waals surface area contributed by atoms with Gasteiger partial charge in [0.05, 0.1) is 7.11 Å². The smallest absolute Gasteiger partial charge is 0.255 e. The number of hydrogen-bond acceptors (Lipinski definition) is 4. The predicted octanol–water partition coefficient (Wildman–Crippen LogP) is 2.41. The van der Waals surface area contributed by atoms with E-state index < -0.39 is 0 Å². The van der Waals surface area contributed by atoms with E-state index in [0.29, 0.717) is 11.4 Å². The molecule has 5 heteroatoms. The number of benzene rings is 1. The van der Waals surface area contributed by atoms with Crippen molar-refractivity contribution in [2.75, 3.05) is 31.4 Å². The number of pyridine rings is 1. The average Bonchev–Trinajstić information content (AvgIpc) is 2.47. The standard InChI is InChI=1S/C15H17N3O2/c1-18(2)13-6-4-12(5-7-13)17-15(19)11-8-9-16-14(10-11)20-3/h4-10H,1-3H3,(H,17,19). The number of carbonyl (C=O) groups excluding carboxylic acids is 1. The van der Waals surface area contributed by atoms with Crippen molar-refractivity contribution in [3.8, 4) is 5.88 Å². The molecule has 5 nitrogen and oxygen atoms in total. The van der Waals surface area contributed by atoms with Crippen molar-refractivity contribution < 1.29 is 9.53 Å². The van der Waals surface area contributed by atoms with Crippen LogP contribution in [0, 0.1) is 0 Å². The Labute approximate surface area is 118 Å². The van der Waals surface area contributed by atoms with Crippen LogP contribution in [0.25, 0.3) is 0 Å². The van der Waals surface area contributed by atoms with Gasteiger partial charge in [-0.05, 0) is 30.3 Å². The molecule has 0 saturated heterocycles. The van der Waals surface area contributed by atoms with Crippen LogP contribution in [-0.2, 0) is 0 Å². The van der Waals surface area contributed by atoms with E-state index in [-0.39, 0.29) is 5.91 Å². The summed E-state index contributed by atoms with van der Waals surface area (Å²) in [7, 11) is 5.46. The third-order valence-corrected chi connectivity index (χ3v) is 2.85. The molecular weight excluding hydrogens is 254 g/mol. The van der Waals surface area contributed by atoms with Crippen molar-refractivity contribution in [2.45, 2.75) is 0 Å². The van der Waals surface area contributed by atoms with Gasteiger partial charge in [0, 0.05) is 43.3 Å². The lowest BCUT2D eigenvalue weighted by atomic mass is 10.2. The number of methoxy groups -OCH3 is 1. The summed E-state index contributed by atoms with van der Waals surface area (Å²) < 4.78 is 5.00. The monoisotopic (exact) mass is 271 g/mol. The molecule has 1 aromatic heterocycles. The molecule has 0 spiro atoms. The minimum absolute atomic E-state index is 0.191. The van der Waals surface area contributed by atoms with Crippen LogP contribution < -0.4 is 15.0 Å². The quantitative estimate of drug-likeness (QED) is 0.927. The zero-order chi connectivity index (χ0) is 14.5. The number of aromatic nitrogens is 1. The summed E-state index contributed by atoms with van der Waals surface area (Å²) in [6.07, 6.45) is 1.54. The Morgan fingerprint density at radius 2 is 1.90 bits per heavy atom. The molecule has 1 amide bonds. The summed E-state index contributed by atoms with van der Waals surface area (Å²) in [6.45, 7) is 0. The van der Waals surface area contributed by atoms with Gasteiger partial charge in [-0.1, -0.05) is 0 Å². The number of ether oxygens (including phenoxy) is 1. The van der Waals surface area contributed by atoms with Gasteiger partial charge < -0.3 is 15.0 Å². The summed E-state index contributed by atoms with van der Waals surface area (Å²) in [6, 6.07) is 10.9. The van der Waals surface area contributed by atoms with Gasteiger partial charge in [0.1, 0.15) is 0 Å². The van der Waals surface area contributed by atoms with Gasteiger partial charge in [-0.15, -0.1) is 0 Å². The molecule has 0 bridgehead atoms. The van der Waals surface area contributed by atoms with Crippen LogP contribution in [0.1, 0.15) is 10.4 Å². The van der Waals surface area contributed by atoms with Gasteiger partial charge >= 0.3 is 0 Å². The first-order valence-electron chi connectivity index (χ1n) is 6.19. The highest BCUT2D eigenvalue weighted by molar-refractivity contribution is 6.04. The van der Waals surface area contributed by atoms with Crippen molar-refractivity contribution in [3.63, 3.8) is 0 Å². The molecule has 1 heterocycles. The number of nitrogens with one attached hydrogen (secondary N) is 1. The Morgan fingerprint density at radius 1 is 1.20 bits per heavy atom. The average molecular weight is 271 g/mol. The molecule has 0 fully saturated rings. The highest BCUT2D eigenvalue weighted by Crippen LogP contribution is 2.17. The molecule has 104 valence electrons. The van der Waals surface area contributed by atoms with Crippen molar-refractivity contribution in [1.29, 1.82) is 0 Å². The molecule has 2 rings (SSSR count). The SMILES string of the molecule is COc1cc(C(=O)Nc2ccc(N(C)C)cc2)ccn1. The molecule has 20 heavy (non-hydrogen) atoms. The van der Waals surface area contributed by atoms with Crippen molar-refractivity contribution in [3.05, 3.63) is 48.2 Å². The van der Waals surface area contributed by atoms with Crippen molar-refractivity contribution in [2.24, 2.45) is 0 Å². The Bertz CT molecular complexity index is 594. The van der Waals surface area contributed by atoms with Gasteiger partial charge in [0.15, 0.2) is 0 Å². The predicted molar refractivity (Wildman–Crippen MR) is 79.5 cm³/mol. The van der Waals surface area contributed by atoms with Crippen molar-refractivity contribution >= 4 is 17.3 Å². The molecule has 0 aliphatic heterocycles. The van der Waals surface area contributed by atoms with E-state index in [0.717, 1.165) is 11.4 Å².